The number of carbonyl (C=O) groups is 1. The summed E-state index contributed by atoms with van der Waals surface area (Å²) in [5.74, 6) is -1.38. The van der Waals surface area contributed by atoms with Gasteiger partial charge in [0.05, 0.1) is 37.9 Å². The summed E-state index contributed by atoms with van der Waals surface area (Å²) in [5.41, 5.74) is -0.554. The lowest BCUT2D eigenvalue weighted by Gasteiger charge is -2.13. The lowest BCUT2D eigenvalue weighted by molar-refractivity contribution is -0.394. The molecule has 0 aliphatic heterocycles. The Bertz CT molecular complexity index is 1440. The third-order valence-electron chi connectivity index (χ3n) is 4.48. The van der Waals surface area contributed by atoms with Crippen molar-refractivity contribution in [1.29, 1.82) is 0 Å². The van der Waals surface area contributed by atoms with E-state index in [1.807, 2.05) is 0 Å². The molecule has 3 aromatic carbocycles. The fraction of sp³-hybridized carbons (Fsp3) is 0. The molecule has 4 aromatic rings. The summed E-state index contributed by atoms with van der Waals surface area (Å²) in [6.45, 7) is 0. The van der Waals surface area contributed by atoms with Crippen LogP contribution in [-0.4, -0.2) is 27.0 Å². The maximum Gasteiger partial charge on any atom is 0.281 e. The molecule has 0 saturated carbocycles. The van der Waals surface area contributed by atoms with Gasteiger partial charge in [0.2, 0.25) is 5.13 Å². The van der Waals surface area contributed by atoms with Gasteiger partial charge in [-0.15, -0.1) is 0 Å². The summed E-state index contributed by atoms with van der Waals surface area (Å²) in [6, 6.07) is 13.5. The number of halogens is 2. The molecule has 0 bridgehead atoms. The van der Waals surface area contributed by atoms with E-state index in [0.29, 0.717) is 15.8 Å². The van der Waals surface area contributed by atoms with Crippen molar-refractivity contribution in [2.45, 2.75) is 0 Å². The average Bonchev–Trinajstić information content (AvgIpc) is 3.22. The predicted octanol–water partition coefficient (Wildman–Crippen LogP) is 5.70. The average molecular weight is 544 g/mol. The van der Waals surface area contributed by atoms with E-state index >= 15 is 0 Å². The number of hydrazone groups is 1. The third-order valence-corrected chi connectivity index (χ3v) is 6.00. The number of rotatable bonds is 6. The number of non-ortho nitro benzene ring substituents is 2. The Morgan fingerprint density at radius 2 is 1.68 bits per heavy atom. The summed E-state index contributed by atoms with van der Waals surface area (Å²) in [7, 11) is 0. The quantitative estimate of drug-likeness (QED) is 0.174. The van der Waals surface area contributed by atoms with Gasteiger partial charge in [-0.1, -0.05) is 39.4 Å². The van der Waals surface area contributed by atoms with Gasteiger partial charge in [-0.3, -0.25) is 25.0 Å². The second kappa shape index (κ2) is 9.41. The number of amides is 1. The van der Waals surface area contributed by atoms with Crippen molar-refractivity contribution >= 4 is 66.1 Å². The first kappa shape index (κ1) is 23.1. The van der Waals surface area contributed by atoms with Crippen LogP contribution in [0.5, 0.6) is 0 Å². The van der Waals surface area contributed by atoms with Gasteiger partial charge >= 0.3 is 0 Å². The molecule has 0 saturated heterocycles. The Morgan fingerprint density at radius 3 is 2.29 bits per heavy atom. The minimum atomic E-state index is -0.889. The van der Waals surface area contributed by atoms with Gasteiger partial charge < -0.3 is 0 Å². The Balaban J connectivity index is 1.82. The van der Waals surface area contributed by atoms with Gasteiger partial charge in [-0.05, 0) is 35.9 Å². The molecule has 0 N–H and O–H groups in total. The topological polar surface area (TPSA) is 132 Å². The van der Waals surface area contributed by atoms with E-state index < -0.39 is 32.9 Å². The van der Waals surface area contributed by atoms with Crippen molar-refractivity contribution < 1.29 is 19.0 Å². The molecule has 10 nitrogen and oxygen atoms in total. The van der Waals surface area contributed by atoms with Gasteiger partial charge in [0.15, 0.2) is 0 Å². The molecule has 1 amide bonds. The third kappa shape index (κ3) is 4.94. The fourth-order valence-electron chi connectivity index (χ4n) is 2.89. The van der Waals surface area contributed by atoms with Gasteiger partial charge in [0.25, 0.3) is 17.3 Å². The van der Waals surface area contributed by atoms with Crippen LogP contribution in [0.15, 0.2) is 70.2 Å². The van der Waals surface area contributed by atoms with Crippen LogP contribution in [0.1, 0.15) is 15.9 Å². The maximum absolute atomic E-state index is 13.6. The van der Waals surface area contributed by atoms with Crippen molar-refractivity contribution in [3.8, 4) is 0 Å². The lowest BCUT2D eigenvalue weighted by Crippen LogP contribution is -2.25. The number of nitro groups is 2. The maximum atomic E-state index is 13.6. The SMILES string of the molecule is O=C(c1cc([N+](=O)[O-])cc([N+](=O)[O-])c1)N(/N=C/c1ccc(Br)cc1)c1nc2ccc(F)cc2s1. The molecule has 13 heteroatoms. The second-order valence-electron chi connectivity index (χ2n) is 6.77. The molecule has 0 radical (unpaired) electrons. The summed E-state index contributed by atoms with van der Waals surface area (Å²) >= 11 is 4.29. The molecular formula is C21H11BrFN5O5S. The number of carbonyl (C=O) groups excluding carboxylic acids is 1. The number of hydrogen-bond donors (Lipinski definition) is 0. The molecule has 0 atom stereocenters. The van der Waals surface area contributed by atoms with E-state index in [4.69, 9.17) is 0 Å². The van der Waals surface area contributed by atoms with E-state index in [0.717, 1.165) is 39.0 Å². The molecule has 0 spiro atoms. The highest BCUT2D eigenvalue weighted by atomic mass is 79.9. The summed E-state index contributed by atoms with van der Waals surface area (Å²) in [5, 5.41) is 27.6. The normalized spacial score (nSPS) is 11.1. The van der Waals surface area contributed by atoms with Crippen molar-refractivity contribution in [2.75, 3.05) is 5.01 Å². The number of anilines is 1. The van der Waals surface area contributed by atoms with Crippen molar-refractivity contribution in [3.05, 3.63) is 102 Å². The van der Waals surface area contributed by atoms with Gasteiger partial charge in [0.1, 0.15) is 5.82 Å². The smallest absolute Gasteiger partial charge is 0.267 e. The Labute approximate surface area is 202 Å². The molecule has 1 aromatic heterocycles. The summed E-state index contributed by atoms with van der Waals surface area (Å²) in [4.78, 5) is 38.5. The largest absolute Gasteiger partial charge is 0.281 e. The highest BCUT2D eigenvalue weighted by Crippen LogP contribution is 2.32. The lowest BCUT2D eigenvalue weighted by atomic mass is 10.1. The molecule has 170 valence electrons. The minimum Gasteiger partial charge on any atom is -0.267 e. The number of hydrogen-bond acceptors (Lipinski definition) is 8. The van der Waals surface area contributed by atoms with Crippen LogP contribution in [0.25, 0.3) is 10.2 Å². The van der Waals surface area contributed by atoms with Crippen LogP contribution in [0.4, 0.5) is 20.9 Å². The Morgan fingerprint density at radius 1 is 1.03 bits per heavy atom. The monoisotopic (exact) mass is 543 g/mol. The Kier molecular flexibility index (Phi) is 6.38. The van der Waals surface area contributed by atoms with Crippen LogP contribution < -0.4 is 5.01 Å². The highest BCUT2D eigenvalue weighted by Gasteiger charge is 2.26. The zero-order valence-electron chi connectivity index (χ0n) is 16.8. The molecular weight excluding hydrogens is 533 g/mol. The minimum absolute atomic E-state index is 0.0492. The standard InChI is InChI=1S/C21H11BrFN5O5S/c22-14-3-1-12(2-4-14)11-24-26(21-25-18-6-5-15(23)9-19(18)34-21)20(29)13-7-16(27(30)31)10-17(8-13)28(32)33/h1-11H/b24-11+. The number of benzene rings is 3. The molecule has 0 unspecified atom stereocenters. The number of fused-ring (bicyclic) bond motifs is 1. The van der Waals surface area contributed by atoms with Crippen LogP contribution >= 0.6 is 27.3 Å². The van der Waals surface area contributed by atoms with Crippen LogP contribution in [0.2, 0.25) is 0 Å². The van der Waals surface area contributed by atoms with Crippen LogP contribution in [-0.2, 0) is 0 Å². The summed E-state index contributed by atoms with van der Waals surface area (Å²) < 4.78 is 14.9. The molecule has 0 fully saturated rings. The fourth-order valence-corrected chi connectivity index (χ4v) is 4.10. The van der Waals surface area contributed by atoms with Crippen LogP contribution in [0.3, 0.4) is 0 Å². The van der Waals surface area contributed by atoms with Crippen molar-refractivity contribution in [2.24, 2.45) is 5.10 Å². The predicted molar refractivity (Wildman–Crippen MR) is 128 cm³/mol. The molecule has 0 aliphatic rings. The van der Waals surface area contributed by atoms with Crippen molar-refractivity contribution in [3.63, 3.8) is 0 Å². The van der Waals surface area contributed by atoms with E-state index in [1.54, 1.807) is 24.3 Å². The number of aromatic nitrogens is 1. The number of thiazole rings is 1. The van der Waals surface area contributed by atoms with Crippen LogP contribution in [0, 0.1) is 26.0 Å². The Hall–Kier alpha value is -4.10. The van der Waals surface area contributed by atoms with Gasteiger partial charge in [-0.2, -0.15) is 10.1 Å². The van der Waals surface area contributed by atoms with E-state index in [9.17, 15) is 29.4 Å². The van der Waals surface area contributed by atoms with E-state index in [1.165, 1.54) is 24.4 Å². The first-order valence-corrected chi connectivity index (χ1v) is 11.0. The number of nitrogens with zero attached hydrogens (tertiary/aromatic N) is 5. The number of nitro benzene ring substituents is 2. The zero-order valence-corrected chi connectivity index (χ0v) is 19.2. The van der Waals surface area contributed by atoms with E-state index in [-0.39, 0.29) is 10.7 Å². The zero-order chi connectivity index (χ0) is 24.4. The first-order valence-electron chi connectivity index (χ1n) is 9.35. The highest BCUT2D eigenvalue weighted by molar-refractivity contribution is 9.10. The molecule has 4 rings (SSSR count). The van der Waals surface area contributed by atoms with E-state index in [2.05, 4.69) is 26.0 Å². The summed E-state index contributed by atoms with van der Waals surface area (Å²) in [6.07, 6.45) is 1.36. The second-order valence-corrected chi connectivity index (χ2v) is 8.70. The van der Waals surface area contributed by atoms with Crippen molar-refractivity contribution in [1.82, 2.24) is 4.98 Å². The molecule has 0 aliphatic carbocycles. The molecule has 34 heavy (non-hydrogen) atoms. The first-order chi connectivity index (χ1) is 16.2. The van der Waals surface area contributed by atoms with Gasteiger partial charge in [-0.25, -0.2) is 9.37 Å². The molecule has 1 heterocycles. The van der Waals surface area contributed by atoms with Gasteiger partial charge in [0, 0.05) is 16.6 Å².